The zero-order chi connectivity index (χ0) is 23.5. The number of alkyl halides is 3. The van der Waals surface area contributed by atoms with Gasteiger partial charge in [-0.1, -0.05) is 18.2 Å². The summed E-state index contributed by atoms with van der Waals surface area (Å²) in [5.41, 5.74) is 4.95. The van der Waals surface area contributed by atoms with Crippen LogP contribution in [0.2, 0.25) is 0 Å². The highest BCUT2D eigenvalue weighted by Crippen LogP contribution is 2.19. The van der Waals surface area contributed by atoms with Gasteiger partial charge in [-0.3, -0.25) is 24.6 Å². The van der Waals surface area contributed by atoms with Crippen molar-refractivity contribution in [3.63, 3.8) is 0 Å². The molecule has 0 saturated heterocycles. The number of aromatic nitrogens is 3. The molecule has 0 saturated carbocycles. The molecule has 3 rings (SSSR count). The minimum Gasteiger partial charge on any atom is -0.325 e. The first-order valence-electron chi connectivity index (χ1n) is 9.89. The smallest absolute Gasteiger partial charge is 0.325 e. The van der Waals surface area contributed by atoms with Gasteiger partial charge in [0.05, 0.1) is 13.1 Å². The molecule has 1 amide bonds. The van der Waals surface area contributed by atoms with Gasteiger partial charge < -0.3 is 4.57 Å². The molecule has 0 radical (unpaired) electrons. The summed E-state index contributed by atoms with van der Waals surface area (Å²) < 4.78 is 40.7. The van der Waals surface area contributed by atoms with Crippen LogP contribution in [0.15, 0.2) is 48.8 Å². The number of ketones is 1. The number of carbonyl (C=O) groups excluding carboxylic acids is 2. The van der Waals surface area contributed by atoms with E-state index < -0.39 is 12.7 Å². The number of hydrogen-bond acceptors (Lipinski definition) is 4. The molecule has 7 nitrogen and oxygen atoms in total. The second-order valence-electron chi connectivity index (χ2n) is 7.61. The number of halogens is 3. The Balaban J connectivity index is 1.68. The van der Waals surface area contributed by atoms with Crippen molar-refractivity contribution >= 4 is 11.7 Å². The third-order valence-corrected chi connectivity index (χ3v) is 4.96. The van der Waals surface area contributed by atoms with Crippen LogP contribution >= 0.6 is 0 Å². The molecule has 0 atom stereocenters. The van der Waals surface area contributed by atoms with Crippen LogP contribution in [0.3, 0.4) is 0 Å². The molecule has 170 valence electrons. The van der Waals surface area contributed by atoms with E-state index in [0.29, 0.717) is 22.5 Å². The number of carbonyl (C=O) groups is 2. The average Bonchev–Trinajstić information content (AvgIpc) is 3.25. The predicted octanol–water partition coefficient (Wildman–Crippen LogP) is 3.56. The van der Waals surface area contributed by atoms with E-state index in [1.165, 1.54) is 12.4 Å². The van der Waals surface area contributed by atoms with Gasteiger partial charge in [0.2, 0.25) is 0 Å². The van der Waals surface area contributed by atoms with Crippen LogP contribution < -0.4 is 5.43 Å². The van der Waals surface area contributed by atoms with Crippen LogP contribution in [-0.2, 0) is 13.1 Å². The van der Waals surface area contributed by atoms with Crippen molar-refractivity contribution in [1.29, 1.82) is 0 Å². The third-order valence-electron chi connectivity index (χ3n) is 4.96. The lowest BCUT2D eigenvalue weighted by molar-refractivity contribution is -0.141. The Labute approximate surface area is 183 Å². The molecule has 1 aromatic carbocycles. The van der Waals surface area contributed by atoms with E-state index in [1.54, 1.807) is 60.8 Å². The molecule has 2 aromatic heterocycles. The maximum Gasteiger partial charge on any atom is 0.406 e. The van der Waals surface area contributed by atoms with Gasteiger partial charge in [0.25, 0.3) is 5.91 Å². The summed E-state index contributed by atoms with van der Waals surface area (Å²) in [6, 6.07) is 10.4. The fourth-order valence-corrected chi connectivity index (χ4v) is 3.43. The highest BCUT2D eigenvalue weighted by Gasteiger charge is 2.29. The summed E-state index contributed by atoms with van der Waals surface area (Å²) in [6.45, 7) is 2.43. The molecule has 1 N–H and O–H groups in total. The summed E-state index contributed by atoms with van der Waals surface area (Å²) >= 11 is 0. The SMILES string of the molecule is Cc1cc(C(=O)CN(C)Cc2nccn2CC(F)(F)F)c(C)n1NC(=O)c1ccccc1. The molecule has 0 aliphatic rings. The molecule has 32 heavy (non-hydrogen) atoms. The number of hydrogen-bond donors (Lipinski definition) is 1. The van der Waals surface area contributed by atoms with Gasteiger partial charge in [-0.2, -0.15) is 13.2 Å². The fourth-order valence-electron chi connectivity index (χ4n) is 3.43. The topological polar surface area (TPSA) is 72.2 Å². The monoisotopic (exact) mass is 447 g/mol. The van der Waals surface area contributed by atoms with Gasteiger partial charge in [0, 0.05) is 34.9 Å². The molecule has 2 heterocycles. The van der Waals surface area contributed by atoms with Crippen LogP contribution in [0.5, 0.6) is 0 Å². The normalized spacial score (nSPS) is 11.7. The lowest BCUT2D eigenvalue weighted by atomic mass is 10.1. The van der Waals surface area contributed by atoms with E-state index >= 15 is 0 Å². The molecule has 0 aliphatic carbocycles. The quantitative estimate of drug-likeness (QED) is 0.536. The minimum absolute atomic E-state index is 0.0181. The first-order chi connectivity index (χ1) is 15.0. The largest absolute Gasteiger partial charge is 0.406 e. The zero-order valence-corrected chi connectivity index (χ0v) is 18.0. The number of aryl methyl sites for hydroxylation is 1. The number of imidazole rings is 1. The van der Waals surface area contributed by atoms with Gasteiger partial charge in [0.1, 0.15) is 12.4 Å². The van der Waals surface area contributed by atoms with Gasteiger partial charge in [-0.05, 0) is 39.1 Å². The number of likely N-dealkylation sites (N-methyl/N-ethyl adjacent to an activating group) is 1. The van der Waals surface area contributed by atoms with Gasteiger partial charge in [-0.25, -0.2) is 4.98 Å². The molecule has 3 aromatic rings. The number of nitrogens with zero attached hydrogens (tertiary/aromatic N) is 4. The van der Waals surface area contributed by atoms with Crippen LogP contribution in [0.1, 0.15) is 37.9 Å². The second kappa shape index (κ2) is 9.39. The third kappa shape index (κ3) is 5.64. The molecule has 10 heteroatoms. The lowest BCUT2D eigenvalue weighted by Crippen LogP contribution is -2.29. The number of rotatable bonds is 8. The second-order valence-corrected chi connectivity index (χ2v) is 7.61. The van der Waals surface area contributed by atoms with E-state index in [4.69, 9.17) is 0 Å². The molecule has 0 bridgehead atoms. The Bertz CT molecular complexity index is 1100. The fraction of sp³-hybridized carbons (Fsp3) is 0.318. The highest BCUT2D eigenvalue weighted by molar-refractivity contribution is 6.01. The molecule has 0 unspecified atom stereocenters. The summed E-state index contributed by atoms with van der Waals surface area (Å²) in [5.74, 6) is -0.298. The molecule has 0 spiro atoms. The minimum atomic E-state index is -4.36. The van der Waals surface area contributed by atoms with E-state index in [0.717, 1.165) is 4.57 Å². The first-order valence-corrected chi connectivity index (χ1v) is 9.89. The van der Waals surface area contributed by atoms with Gasteiger partial charge >= 0.3 is 6.18 Å². The van der Waals surface area contributed by atoms with Crippen molar-refractivity contribution in [2.45, 2.75) is 33.1 Å². The van der Waals surface area contributed by atoms with E-state index in [2.05, 4.69) is 10.4 Å². The average molecular weight is 447 g/mol. The highest BCUT2D eigenvalue weighted by atomic mass is 19.4. The van der Waals surface area contributed by atoms with Crippen molar-refractivity contribution in [3.05, 3.63) is 77.1 Å². The summed E-state index contributed by atoms with van der Waals surface area (Å²) in [6.07, 6.45) is -1.78. The first kappa shape index (κ1) is 23.3. The van der Waals surface area contributed by atoms with E-state index in [1.807, 2.05) is 6.07 Å². The maximum absolute atomic E-state index is 12.9. The summed E-state index contributed by atoms with van der Waals surface area (Å²) in [7, 11) is 1.64. The Morgan fingerprint density at radius 3 is 2.50 bits per heavy atom. The summed E-state index contributed by atoms with van der Waals surface area (Å²) in [5, 5.41) is 0. The van der Waals surface area contributed by atoms with Gasteiger partial charge in [-0.15, -0.1) is 0 Å². The van der Waals surface area contributed by atoms with Crippen LogP contribution in [-0.4, -0.2) is 50.6 Å². The van der Waals surface area contributed by atoms with Crippen LogP contribution in [0, 0.1) is 13.8 Å². The summed E-state index contributed by atoms with van der Waals surface area (Å²) in [4.78, 5) is 30.9. The lowest BCUT2D eigenvalue weighted by Gasteiger charge is -2.17. The molecular weight excluding hydrogens is 423 g/mol. The Kier molecular flexibility index (Phi) is 6.83. The standard InChI is InChI=1S/C22H24F3N5O2/c1-15-11-18(16(2)30(15)27-21(32)17-7-5-4-6-8-17)19(31)12-28(3)13-20-26-9-10-29(20)14-22(23,24)25/h4-11H,12-14H2,1-3H3,(H,27,32). The number of amides is 1. The van der Waals surface area contributed by atoms with Crippen molar-refractivity contribution in [3.8, 4) is 0 Å². The number of Topliss-reactive ketones (excluding diaryl/α,β-unsaturated/α-hetero) is 1. The zero-order valence-electron chi connectivity index (χ0n) is 18.0. The Morgan fingerprint density at radius 1 is 1.16 bits per heavy atom. The molecular formula is C22H24F3N5O2. The van der Waals surface area contributed by atoms with Crippen LogP contribution in [0.25, 0.3) is 0 Å². The van der Waals surface area contributed by atoms with Crippen molar-refractivity contribution in [1.82, 2.24) is 19.1 Å². The van der Waals surface area contributed by atoms with E-state index in [-0.39, 0.29) is 30.6 Å². The van der Waals surface area contributed by atoms with E-state index in [9.17, 15) is 22.8 Å². The van der Waals surface area contributed by atoms with Gasteiger partial charge in [0.15, 0.2) is 5.78 Å². The Morgan fingerprint density at radius 2 is 1.84 bits per heavy atom. The maximum atomic E-state index is 12.9. The molecule has 0 aliphatic heterocycles. The van der Waals surface area contributed by atoms with Crippen molar-refractivity contribution < 1.29 is 22.8 Å². The van der Waals surface area contributed by atoms with Crippen LogP contribution in [0.4, 0.5) is 13.2 Å². The number of benzene rings is 1. The molecule has 0 fully saturated rings. The predicted molar refractivity (Wildman–Crippen MR) is 113 cm³/mol. The van der Waals surface area contributed by atoms with Crippen molar-refractivity contribution in [2.75, 3.05) is 19.0 Å². The number of nitrogens with one attached hydrogen (secondary N) is 1. The van der Waals surface area contributed by atoms with Crippen molar-refractivity contribution in [2.24, 2.45) is 0 Å². The Hall–Kier alpha value is -3.40.